The second-order valence-electron chi connectivity index (χ2n) is 10.6. The van der Waals surface area contributed by atoms with Gasteiger partial charge in [-0.2, -0.15) is 0 Å². The van der Waals surface area contributed by atoms with Gasteiger partial charge >= 0.3 is 12.1 Å². The fraction of sp³-hybridized carbons (Fsp3) is 0.333. The van der Waals surface area contributed by atoms with E-state index in [0.717, 1.165) is 5.56 Å². The standard InChI is InChI=1S/C33H39NO7/c1-7-9-13-23(3)40-31(36)29-27(19-26(20-28(29)35)39-22-24-14-11-10-12-15-24)30-25(16-18-38-30)21-34(17-8-2)32(37)41-33(4,5)6/h7-8,10-12,14-16,18-20,23,35H,1-2,9,13,17,21-22H2,3-6H3. The highest BCUT2D eigenvalue weighted by Gasteiger charge is 2.28. The van der Waals surface area contributed by atoms with Crippen LogP contribution in [0.4, 0.5) is 4.79 Å². The van der Waals surface area contributed by atoms with Gasteiger partial charge in [0.2, 0.25) is 0 Å². The molecule has 2 aromatic carbocycles. The molecule has 0 spiro atoms. The summed E-state index contributed by atoms with van der Waals surface area (Å²) in [6.07, 6.45) is 5.13. The third-order valence-electron chi connectivity index (χ3n) is 5.98. The van der Waals surface area contributed by atoms with Crippen LogP contribution in [0.1, 0.15) is 62.0 Å². The van der Waals surface area contributed by atoms with Crippen LogP contribution in [0, 0.1) is 0 Å². The Bertz CT molecular complexity index is 1340. The van der Waals surface area contributed by atoms with Crippen LogP contribution in [-0.2, 0) is 22.6 Å². The van der Waals surface area contributed by atoms with Crippen LogP contribution in [0.3, 0.4) is 0 Å². The molecule has 1 aromatic heterocycles. The first-order chi connectivity index (χ1) is 19.5. The predicted molar refractivity (Wildman–Crippen MR) is 158 cm³/mol. The van der Waals surface area contributed by atoms with Crippen molar-refractivity contribution in [2.45, 2.75) is 65.4 Å². The maximum absolute atomic E-state index is 13.4. The Labute approximate surface area is 241 Å². The number of amides is 1. The zero-order valence-corrected chi connectivity index (χ0v) is 24.2. The van der Waals surface area contributed by atoms with Crippen molar-refractivity contribution in [3.63, 3.8) is 0 Å². The number of phenolic OH excluding ortho intramolecular Hbond substituents is 1. The number of phenols is 1. The Hall–Kier alpha value is -4.46. The Morgan fingerprint density at radius 1 is 1.10 bits per heavy atom. The molecule has 1 amide bonds. The van der Waals surface area contributed by atoms with E-state index in [-0.39, 0.29) is 42.3 Å². The third-order valence-corrected chi connectivity index (χ3v) is 5.98. The summed E-state index contributed by atoms with van der Waals surface area (Å²) in [5.41, 5.74) is 1.05. The summed E-state index contributed by atoms with van der Waals surface area (Å²) in [4.78, 5) is 27.7. The molecule has 218 valence electrons. The minimum atomic E-state index is -0.707. The number of esters is 1. The number of nitrogens with zero attached hydrogens (tertiary/aromatic N) is 1. The molecule has 3 aromatic rings. The van der Waals surface area contributed by atoms with Crippen molar-refractivity contribution in [1.29, 1.82) is 0 Å². The summed E-state index contributed by atoms with van der Waals surface area (Å²) in [5, 5.41) is 11.1. The van der Waals surface area contributed by atoms with E-state index < -0.39 is 23.8 Å². The molecule has 0 radical (unpaired) electrons. The SMILES string of the molecule is C=CCCC(C)OC(=O)c1c(O)cc(OCc2ccccc2)cc1-c1occc1CN(CC=C)C(=O)OC(C)(C)C. The zero-order valence-electron chi connectivity index (χ0n) is 24.2. The van der Waals surface area contributed by atoms with E-state index in [4.69, 9.17) is 18.6 Å². The third kappa shape index (κ3) is 9.03. The molecule has 41 heavy (non-hydrogen) atoms. The van der Waals surface area contributed by atoms with E-state index >= 15 is 0 Å². The average Bonchev–Trinajstić information content (AvgIpc) is 3.37. The number of hydrogen-bond acceptors (Lipinski definition) is 7. The molecule has 3 rings (SSSR count). The maximum atomic E-state index is 13.4. The number of carbonyl (C=O) groups is 2. The van der Waals surface area contributed by atoms with Gasteiger partial charge in [0.05, 0.1) is 18.9 Å². The summed E-state index contributed by atoms with van der Waals surface area (Å²) < 4.78 is 23.0. The molecule has 1 unspecified atom stereocenters. The van der Waals surface area contributed by atoms with Gasteiger partial charge in [0, 0.05) is 23.7 Å². The van der Waals surface area contributed by atoms with Crippen molar-refractivity contribution < 1.29 is 33.3 Å². The highest BCUT2D eigenvalue weighted by molar-refractivity contribution is 6.00. The fourth-order valence-electron chi connectivity index (χ4n) is 4.06. The van der Waals surface area contributed by atoms with Gasteiger partial charge < -0.3 is 28.6 Å². The molecule has 1 atom stereocenters. The van der Waals surface area contributed by atoms with Crippen LogP contribution >= 0.6 is 0 Å². The molecule has 1 heterocycles. The van der Waals surface area contributed by atoms with E-state index in [1.54, 1.807) is 52.0 Å². The van der Waals surface area contributed by atoms with Crippen LogP contribution in [0.15, 0.2) is 84.5 Å². The van der Waals surface area contributed by atoms with Gasteiger partial charge in [0.1, 0.15) is 35.0 Å². The quantitative estimate of drug-likeness (QED) is 0.169. The molecule has 0 aliphatic heterocycles. The van der Waals surface area contributed by atoms with Crippen LogP contribution in [-0.4, -0.2) is 40.3 Å². The number of allylic oxidation sites excluding steroid dienone is 1. The van der Waals surface area contributed by atoms with Crippen molar-refractivity contribution in [2.24, 2.45) is 0 Å². The highest BCUT2D eigenvalue weighted by atomic mass is 16.6. The fourth-order valence-corrected chi connectivity index (χ4v) is 4.06. The zero-order chi connectivity index (χ0) is 30.0. The highest BCUT2D eigenvalue weighted by Crippen LogP contribution is 2.38. The van der Waals surface area contributed by atoms with E-state index in [9.17, 15) is 14.7 Å². The number of ether oxygens (including phenoxy) is 3. The van der Waals surface area contributed by atoms with E-state index in [1.807, 2.05) is 30.3 Å². The van der Waals surface area contributed by atoms with Crippen LogP contribution < -0.4 is 4.74 Å². The number of furan rings is 1. The molecular formula is C33H39NO7. The number of carbonyl (C=O) groups excluding carboxylic acids is 2. The Morgan fingerprint density at radius 3 is 2.49 bits per heavy atom. The van der Waals surface area contributed by atoms with Gasteiger partial charge in [-0.15, -0.1) is 13.2 Å². The van der Waals surface area contributed by atoms with Gasteiger partial charge in [-0.25, -0.2) is 9.59 Å². The molecular weight excluding hydrogens is 522 g/mol. The summed E-state index contributed by atoms with van der Waals surface area (Å²) in [6.45, 7) is 15.2. The summed E-state index contributed by atoms with van der Waals surface area (Å²) in [6, 6.07) is 14.3. The van der Waals surface area contributed by atoms with Gasteiger partial charge in [-0.1, -0.05) is 42.5 Å². The lowest BCUT2D eigenvalue weighted by Gasteiger charge is -2.26. The molecule has 0 saturated carbocycles. The van der Waals surface area contributed by atoms with Crippen LogP contribution in [0.25, 0.3) is 11.3 Å². The number of hydrogen-bond donors (Lipinski definition) is 1. The van der Waals surface area contributed by atoms with E-state index in [0.29, 0.717) is 24.2 Å². The van der Waals surface area contributed by atoms with Gasteiger partial charge in [-0.3, -0.25) is 0 Å². The van der Waals surface area contributed by atoms with Crippen molar-refractivity contribution >= 4 is 12.1 Å². The minimum absolute atomic E-state index is 0.0637. The largest absolute Gasteiger partial charge is 0.507 e. The average molecular weight is 562 g/mol. The number of rotatable bonds is 13. The molecule has 0 aliphatic rings. The monoisotopic (exact) mass is 561 g/mol. The van der Waals surface area contributed by atoms with E-state index in [1.165, 1.54) is 17.2 Å². The first kappa shape index (κ1) is 31.1. The molecule has 8 heteroatoms. The predicted octanol–water partition coefficient (Wildman–Crippen LogP) is 7.67. The first-order valence-electron chi connectivity index (χ1n) is 13.5. The van der Waals surface area contributed by atoms with Gasteiger partial charge in [0.15, 0.2) is 0 Å². The summed E-state index contributed by atoms with van der Waals surface area (Å²) in [5.74, 6) is -0.408. The maximum Gasteiger partial charge on any atom is 0.410 e. The molecule has 8 nitrogen and oxygen atoms in total. The van der Waals surface area contributed by atoms with Crippen LogP contribution in [0.2, 0.25) is 0 Å². The Kier molecular flexibility index (Phi) is 10.8. The van der Waals surface area contributed by atoms with Crippen molar-refractivity contribution in [3.05, 3.63) is 96.8 Å². The van der Waals surface area contributed by atoms with Gasteiger partial charge in [0.25, 0.3) is 0 Å². The van der Waals surface area contributed by atoms with E-state index in [2.05, 4.69) is 13.2 Å². The molecule has 0 fully saturated rings. The minimum Gasteiger partial charge on any atom is -0.507 e. The number of benzene rings is 2. The van der Waals surface area contributed by atoms with Crippen molar-refractivity contribution in [1.82, 2.24) is 4.90 Å². The normalized spacial score (nSPS) is 11.8. The Morgan fingerprint density at radius 2 is 1.83 bits per heavy atom. The second kappa shape index (κ2) is 14.3. The molecule has 0 saturated heterocycles. The second-order valence-corrected chi connectivity index (χ2v) is 10.6. The van der Waals surface area contributed by atoms with Gasteiger partial charge in [-0.05, 0) is 58.2 Å². The number of aromatic hydroxyl groups is 1. The summed E-state index contributed by atoms with van der Waals surface area (Å²) in [7, 11) is 0. The Balaban J connectivity index is 2.01. The molecule has 0 aliphatic carbocycles. The molecule has 0 bridgehead atoms. The van der Waals surface area contributed by atoms with Crippen molar-refractivity contribution in [2.75, 3.05) is 6.54 Å². The topological polar surface area (TPSA) is 98.4 Å². The summed E-state index contributed by atoms with van der Waals surface area (Å²) >= 11 is 0. The van der Waals surface area contributed by atoms with Crippen LogP contribution in [0.5, 0.6) is 11.5 Å². The lowest BCUT2D eigenvalue weighted by Crippen LogP contribution is -2.36. The lowest BCUT2D eigenvalue weighted by molar-refractivity contribution is 0.0254. The lowest BCUT2D eigenvalue weighted by atomic mass is 10.00. The smallest absolute Gasteiger partial charge is 0.410 e. The molecule has 1 N–H and O–H groups in total. The first-order valence-corrected chi connectivity index (χ1v) is 13.5. The van der Waals surface area contributed by atoms with Crippen molar-refractivity contribution in [3.8, 4) is 22.8 Å².